The number of nitrogens with one attached hydrogen (secondary N) is 1. The summed E-state index contributed by atoms with van der Waals surface area (Å²) in [6.07, 6.45) is 0. The number of esters is 1. The van der Waals surface area contributed by atoms with Crippen LogP contribution in [-0.2, 0) is 16.5 Å². The van der Waals surface area contributed by atoms with Crippen molar-refractivity contribution >= 4 is 27.5 Å². The second kappa shape index (κ2) is 6.65. The molecule has 1 saturated heterocycles. The highest BCUT2D eigenvalue weighted by Crippen LogP contribution is 2.22. The van der Waals surface area contributed by atoms with Gasteiger partial charge in [0.1, 0.15) is 16.3 Å². The summed E-state index contributed by atoms with van der Waals surface area (Å²) in [7, 11) is 1.55. The predicted octanol–water partition coefficient (Wildman–Crippen LogP) is -0.223. The molecule has 0 atom stereocenters. The highest BCUT2D eigenvalue weighted by Gasteiger charge is 2.17. The Morgan fingerprint density at radius 1 is 1.39 bits per heavy atom. The number of carbonyl (C=O) groups excluding carboxylic acids is 1. The molecule has 9 heteroatoms. The number of rotatable bonds is 4. The maximum absolute atomic E-state index is 12.1. The van der Waals surface area contributed by atoms with Gasteiger partial charge >= 0.3 is 11.7 Å². The van der Waals surface area contributed by atoms with E-state index in [0.717, 1.165) is 24.4 Å². The third kappa shape index (κ3) is 3.36. The number of aromatic amines is 1. The summed E-state index contributed by atoms with van der Waals surface area (Å²) in [6.45, 7) is 3.99. The maximum Gasteiger partial charge on any atom is 0.348 e. The first-order chi connectivity index (χ1) is 11.1. The molecule has 0 spiro atoms. The number of H-pyrrole nitrogens is 1. The van der Waals surface area contributed by atoms with Crippen LogP contribution in [0.1, 0.15) is 9.67 Å². The van der Waals surface area contributed by atoms with Crippen molar-refractivity contribution < 1.29 is 14.3 Å². The summed E-state index contributed by atoms with van der Waals surface area (Å²) in [4.78, 5) is 40.6. The van der Waals surface area contributed by atoms with E-state index in [2.05, 4.69) is 9.88 Å². The molecule has 1 N–H and O–H groups in total. The summed E-state index contributed by atoms with van der Waals surface area (Å²) in [6, 6.07) is 1.47. The van der Waals surface area contributed by atoms with Crippen molar-refractivity contribution in [3.05, 3.63) is 31.8 Å². The zero-order valence-corrected chi connectivity index (χ0v) is 13.5. The Balaban J connectivity index is 1.69. The zero-order valence-electron chi connectivity index (χ0n) is 12.7. The SMILES string of the molecule is Cn1c(=O)[nH]c(=O)c2cc(C(=O)OCCN3CCOCC3)sc21. The van der Waals surface area contributed by atoms with Gasteiger partial charge in [-0.3, -0.25) is 19.2 Å². The molecule has 124 valence electrons. The molecule has 0 unspecified atom stereocenters. The lowest BCUT2D eigenvalue weighted by Gasteiger charge is -2.26. The number of morpholine rings is 1. The van der Waals surface area contributed by atoms with E-state index < -0.39 is 17.2 Å². The minimum Gasteiger partial charge on any atom is -0.460 e. The van der Waals surface area contributed by atoms with E-state index in [4.69, 9.17) is 9.47 Å². The number of nitrogens with zero attached hydrogens (tertiary/aromatic N) is 2. The van der Waals surface area contributed by atoms with E-state index in [1.165, 1.54) is 10.6 Å². The van der Waals surface area contributed by atoms with Crippen molar-refractivity contribution in [2.75, 3.05) is 39.5 Å². The lowest BCUT2D eigenvalue weighted by molar-refractivity contribution is 0.0197. The normalized spacial score (nSPS) is 15.9. The number of aryl methyl sites for hydroxylation is 1. The topological polar surface area (TPSA) is 93.6 Å². The van der Waals surface area contributed by atoms with Gasteiger partial charge in [-0.15, -0.1) is 11.3 Å². The van der Waals surface area contributed by atoms with Gasteiger partial charge in [-0.25, -0.2) is 9.59 Å². The van der Waals surface area contributed by atoms with Gasteiger partial charge in [0.2, 0.25) is 0 Å². The standard InChI is InChI=1S/C14H17N3O5S/c1-16-12-9(11(18)15-14(16)20)8-10(23-12)13(19)22-7-4-17-2-5-21-6-3-17/h8H,2-7H2,1H3,(H,15,18,20). The van der Waals surface area contributed by atoms with Crippen molar-refractivity contribution in [3.8, 4) is 0 Å². The quantitative estimate of drug-likeness (QED) is 0.774. The first-order valence-corrected chi connectivity index (χ1v) is 8.08. The van der Waals surface area contributed by atoms with Crippen molar-refractivity contribution in [1.82, 2.24) is 14.5 Å². The lowest BCUT2D eigenvalue weighted by Crippen LogP contribution is -2.38. The summed E-state index contributed by atoms with van der Waals surface area (Å²) < 4.78 is 11.8. The van der Waals surface area contributed by atoms with Crippen LogP contribution in [0.2, 0.25) is 0 Å². The molecule has 2 aromatic rings. The number of hydrogen-bond acceptors (Lipinski definition) is 7. The van der Waals surface area contributed by atoms with Gasteiger partial charge in [-0.05, 0) is 6.07 Å². The fourth-order valence-corrected chi connectivity index (χ4v) is 3.41. The largest absolute Gasteiger partial charge is 0.460 e. The number of thiophene rings is 1. The molecule has 0 aromatic carbocycles. The fourth-order valence-electron chi connectivity index (χ4n) is 2.40. The monoisotopic (exact) mass is 339 g/mol. The Kier molecular flexibility index (Phi) is 4.60. The number of hydrogen-bond donors (Lipinski definition) is 1. The van der Waals surface area contributed by atoms with Crippen molar-refractivity contribution in [2.45, 2.75) is 0 Å². The second-order valence-corrected chi connectivity index (χ2v) is 6.27. The van der Waals surface area contributed by atoms with E-state index in [0.29, 0.717) is 34.9 Å². The Morgan fingerprint density at radius 2 is 2.13 bits per heavy atom. The summed E-state index contributed by atoms with van der Waals surface area (Å²) in [5.41, 5.74) is -0.997. The number of ether oxygens (including phenoxy) is 2. The molecule has 23 heavy (non-hydrogen) atoms. The fraction of sp³-hybridized carbons (Fsp3) is 0.500. The third-order valence-electron chi connectivity index (χ3n) is 3.73. The highest BCUT2D eigenvalue weighted by atomic mass is 32.1. The Bertz CT molecular complexity index is 831. The zero-order chi connectivity index (χ0) is 16.4. The van der Waals surface area contributed by atoms with E-state index in [9.17, 15) is 14.4 Å². The Labute approximate surface area is 135 Å². The molecule has 1 aliphatic heterocycles. The van der Waals surface area contributed by atoms with Gasteiger partial charge in [-0.2, -0.15) is 0 Å². The molecule has 1 aliphatic rings. The van der Waals surface area contributed by atoms with Crippen LogP contribution in [0.4, 0.5) is 0 Å². The van der Waals surface area contributed by atoms with Gasteiger partial charge in [0, 0.05) is 26.7 Å². The summed E-state index contributed by atoms with van der Waals surface area (Å²) >= 11 is 1.08. The van der Waals surface area contributed by atoms with Crippen LogP contribution in [0.25, 0.3) is 10.2 Å². The van der Waals surface area contributed by atoms with Gasteiger partial charge in [-0.1, -0.05) is 0 Å². The first-order valence-electron chi connectivity index (χ1n) is 7.26. The van der Waals surface area contributed by atoms with Gasteiger partial charge < -0.3 is 9.47 Å². The molecule has 0 saturated carbocycles. The van der Waals surface area contributed by atoms with Gasteiger partial charge in [0.15, 0.2) is 0 Å². The summed E-state index contributed by atoms with van der Waals surface area (Å²) in [5, 5.41) is 0.317. The minimum atomic E-state index is -0.503. The smallest absolute Gasteiger partial charge is 0.348 e. The molecular weight excluding hydrogens is 322 g/mol. The second-order valence-electron chi connectivity index (χ2n) is 5.24. The molecule has 3 heterocycles. The number of fused-ring (bicyclic) bond motifs is 1. The van der Waals surface area contributed by atoms with E-state index >= 15 is 0 Å². The van der Waals surface area contributed by atoms with Gasteiger partial charge in [0.05, 0.1) is 18.6 Å². The maximum atomic E-state index is 12.1. The lowest BCUT2D eigenvalue weighted by atomic mass is 10.3. The average Bonchev–Trinajstić information content (AvgIpc) is 3.00. The number of carbonyl (C=O) groups is 1. The molecule has 2 aromatic heterocycles. The molecule has 1 fully saturated rings. The summed E-state index contributed by atoms with van der Waals surface area (Å²) in [5.74, 6) is -0.480. The molecule has 0 bridgehead atoms. The van der Waals surface area contributed by atoms with Crippen LogP contribution in [0, 0.1) is 0 Å². The molecule has 3 rings (SSSR count). The van der Waals surface area contributed by atoms with E-state index in [1.54, 1.807) is 7.05 Å². The van der Waals surface area contributed by atoms with Crippen molar-refractivity contribution in [1.29, 1.82) is 0 Å². The minimum absolute atomic E-state index is 0.280. The third-order valence-corrected chi connectivity index (χ3v) is 4.92. The first kappa shape index (κ1) is 15.9. The van der Waals surface area contributed by atoms with Crippen LogP contribution < -0.4 is 11.2 Å². The van der Waals surface area contributed by atoms with Gasteiger partial charge in [0.25, 0.3) is 5.56 Å². The Hall–Kier alpha value is -1.97. The molecular formula is C14H17N3O5S. The highest BCUT2D eigenvalue weighted by molar-refractivity contribution is 7.20. The Morgan fingerprint density at radius 3 is 2.87 bits per heavy atom. The molecule has 0 aliphatic carbocycles. The van der Waals surface area contributed by atoms with E-state index in [-0.39, 0.29) is 6.61 Å². The van der Waals surface area contributed by atoms with Crippen molar-refractivity contribution in [3.63, 3.8) is 0 Å². The van der Waals surface area contributed by atoms with Crippen LogP contribution in [-0.4, -0.2) is 59.9 Å². The van der Waals surface area contributed by atoms with Crippen molar-refractivity contribution in [2.24, 2.45) is 7.05 Å². The average molecular weight is 339 g/mol. The molecule has 8 nitrogen and oxygen atoms in total. The van der Waals surface area contributed by atoms with Crippen LogP contribution in [0.5, 0.6) is 0 Å². The van der Waals surface area contributed by atoms with Crippen LogP contribution >= 0.6 is 11.3 Å². The van der Waals surface area contributed by atoms with E-state index in [1.807, 2.05) is 0 Å². The molecule has 0 amide bonds. The molecule has 0 radical (unpaired) electrons. The van der Waals surface area contributed by atoms with Crippen LogP contribution in [0.3, 0.4) is 0 Å². The van der Waals surface area contributed by atoms with Crippen LogP contribution in [0.15, 0.2) is 15.7 Å². The number of aromatic nitrogens is 2. The predicted molar refractivity (Wildman–Crippen MR) is 85.2 cm³/mol.